The third kappa shape index (κ3) is 6.31. The average molecular weight is 891 g/mol. The first-order valence-corrected chi connectivity index (χ1v) is 25.4. The van der Waals surface area contributed by atoms with Crippen LogP contribution in [0.3, 0.4) is 0 Å². The molecular weight excluding hydrogens is 824 g/mol. The van der Waals surface area contributed by atoms with Crippen molar-refractivity contribution in [3.63, 3.8) is 0 Å². The fraction of sp³-hybridized carbons (Fsp3) is 0.344. The Kier molecular flexibility index (Phi) is 9.10. The maximum Gasteiger partial charge on any atom is 0.337 e. The monoisotopic (exact) mass is 891 g/mol. The maximum atomic E-state index is 7.70. The Morgan fingerprint density at radius 1 is 0.500 bits per heavy atom. The number of rotatable bonds is 3. The molecule has 0 saturated carbocycles. The second-order valence-corrected chi connectivity index (χ2v) is 24.8. The zero-order valence-electron chi connectivity index (χ0n) is 42.8. The molecule has 12 rings (SSSR count). The number of hydrogen-bond acceptors (Lipinski definition) is 3. The van der Waals surface area contributed by atoms with Gasteiger partial charge >= 0.3 is 6.85 Å². The Hall–Kier alpha value is -6.00. The van der Waals surface area contributed by atoms with Crippen molar-refractivity contribution in [2.75, 3.05) is 9.71 Å². The molecule has 7 aromatic carbocycles. The number of nitrogens with zero attached hydrogens (tertiary/aromatic N) is 2. The van der Waals surface area contributed by atoms with Crippen LogP contribution in [0.4, 0.5) is 28.6 Å². The van der Waals surface area contributed by atoms with E-state index in [0.29, 0.717) is 0 Å². The summed E-state index contributed by atoms with van der Waals surface area (Å²) < 4.78 is 7.70. The number of hydrogen-bond donors (Lipinski definition) is 0. The van der Waals surface area contributed by atoms with Gasteiger partial charge in [0, 0.05) is 33.5 Å². The molecule has 0 radical (unpaired) electrons. The van der Waals surface area contributed by atoms with Gasteiger partial charge in [0.1, 0.15) is 5.58 Å². The largest absolute Gasteiger partial charge is 0.440 e. The fourth-order valence-corrected chi connectivity index (χ4v) is 12.9. The topological polar surface area (TPSA) is 19.6 Å². The van der Waals surface area contributed by atoms with Crippen LogP contribution >= 0.6 is 0 Å². The van der Waals surface area contributed by atoms with E-state index in [1.165, 1.54) is 117 Å². The van der Waals surface area contributed by atoms with Crippen LogP contribution in [0.2, 0.25) is 0 Å². The van der Waals surface area contributed by atoms with Crippen molar-refractivity contribution in [3.05, 3.63) is 160 Å². The number of benzene rings is 7. The molecule has 2 aliphatic carbocycles. The molecule has 0 atom stereocenters. The quantitative estimate of drug-likeness (QED) is 0.165. The lowest BCUT2D eigenvalue weighted by Gasteiger charge is -2.46. The van der Waals surface area contributed by atoms with E-state index in [0.717, 1.165) is 30.7 Å². The molecule has 0 amide bonds. The lowest BCUT2D eigenvalue weighted by molar-refractivity contribution is 0.332. The standard InChI is InChI=1S/C64H67BN2O/c1-38-18-14-17-21-45(38)42-32-47-46-31-40-19-15-16-20-41(40)33-54(46)67(44-24-22-43(23-25-44)60(3,4)5)65-57(47)55(34-42)66(53-36-51-49(30-39(53)2)61(6,7)26-28-63(51,10)11)59-58(65)48-35-50-52(37-56(48)68-59)64(12,13)29-27-62(50,8)9/h14-25,30-37H,26-29H2,1-13H3. The summed E-state index contributed by atoms with van der Waals surface area (Å²) in [6.45, 7) is 30.9. The lowest BCUT2D eigenvalue weighted by atomic mass is 9.43. The number of aryl methyl sites for hydroxylation is 2. The molecule has 342 valence electrons. The second kappa shape index (κ2) is 14.3. The van der Waals surface area contributed by atoms with Crippen LogP contribution in [0, 0.1) is 13.8 Å². The van der Waals surface area contributed by atoms with Crippen LogP contribution in [-0.2, 0) is 27.1 Å². The Bertz CT molecular complexity index is 3430. The number of fused-ring (bicyclic) bond motifs is 9. The van der Waals surface area contributed by atoms with Crippen LogP contribution in [0.1, 0.15) is 141 Å². The zero-order valence-corrected chi connectivity index (χ0v) is 42.8. The van der Waals surface area contributed by atoms with Crippen molar-refractivity contribution in [1.29, 1.82) is 0 Å². The summed E-state index contributed by atoms with van der Waals surface area (Å²) in [7, 11) is 0. The summed E-state index contributed by atoms with van der Waals surface area (Å²) in [6, 6.07) is 47.4. The van der Waals surface area contributed by atoms with Crippen LogP contribution in [0.5, 0.6) is 0 Å². The molecule has 1 aromatic heterocycles. The van der Waals surface area contributed by atoms with Crippen molar-refractivity contribution in [3.8, 4) is 22.3 Å². The van der Waals surface area contributed by atoms with E-state index in [1.54, 1.807) is 0 Å². The highest BCUT2D eigenvalue weighted by Crippen LogP contribution is 2.55. The molecule has 4 aliphatic rings. The van der Waals surface area contributed by atoms with Gasteiger partial charge in [-0.1, -0.05) is 143 Å². The summed E-state index contributed by atoms with van der Waals surface area (Å²) >= 11 is 0. The van der Waals surface area contributed by atoms with Crippen LogP contribution in [0.15, 0.2) is 126 Å². The van der Waals surface area contributed by atoms with Gasteiger partial charge in [-0.05, 0) is 193 Å². The smallest absolute Gasteiger partial charge is 0.337 e. The van der Waals surface area contributed by atoms with Gasteiger partial charge in [0.15, 0.2) is 0 Å². The predicted octanol–water partition coefficient (Wildman–Crippen LogP) is 16.6. The van der Waals surface area contributed by atoms with Crippen molar-refractivity contribution in [2.24, 2.45) is 0 Å². The lowest BCUT2D eigenvalue weighted by Crippen LogP contribution is -2.61. The Morgan fingerprint density at radius 3 is 1.71 bits per heavy atom. The van der Waals surface area contributed by atoms with Gasteiger partial charge in [0.25, 0.3) is 0 Å². The summed E-state index contributed by atoms with van der Waals surface area (Å²) in [4.78, 5) is 5.25. The van der Waals surface area contributed by atoms with Gasteiger partial charge < -0.3 is 9.23 Å². The van der Waals surface area contributed by atoms with Gasteiger partial charge in [-0.2, -0.15) is 0 Å². The van der Waals surface area contributed by atoms with Crippen molar-refractivity contribution < 1.29 is 4.42 Å². The molecule has 8 aromatic rings. The SMILES string of the molecule is Cc1ccccc1-c1cc2c3c(c1)N(c1cc4c(cc1C)C(C)(C)CCC4(C)C)c1oc4cc5c(cc4c1B3N(c1ccc(C(C)(C)C)cc1)c1cc3ccccc3cc1-2)C(C)(C)CCC5(C)C. The van der Waals surface area contributed by atoms with Crippen molar-refractivity contribution in [1.82, 2.24) is 0 Å². The number of anilines is 5. The molecule has 4 heteroatoms. The molecule has 3 heterocycles. The van der Waals surface area contributed by atoms with E-state index in [1.807, 2.05) is 0 Å². The second-order valence-electron chi connectivity index (χ2n) is 24.8. The zero-order chi connectivity index (χ0) is 47.6. The van der Waals surface area contributed by atoms with Crippen molar-refractivity contribution in [2.45, 2.75) is 143 Å². The normalized spacial score (nSPS) is 18.2. The Morgan fingerprint density at radius 2 is 1.07 bits per heavy atom. The first-order chi connectivity index (χ1) is 32.1. The third-order valence-corrected chi connectivity index (χ3v) is 17.4. The molecule has 0 spiro atoms. The van der Waals surface area contributed by atoms with Crippen LogP contribution < -0.4 is 20.6 Å². The third-order valence-electron chi connectivity index (χ3n) is 17.4. The van der Waals surface area contributed by atoms with Gasteiger partial charge in [0.05, 0.1) is 5.69 Å². The first kappa shape index (κ1) is 43.3. The highest BCUT2D eigenvalue weighted by atomic mass is 16.4. The highest BCUT2D eigenvalue weighted by Gasteiger charge is 2.50. The minimum Gasteiger partial charge on any atom is -0.440 e. The van der Waals surface area contributed by atoms with E-state index in [9.17, 15) is 0 Å². The molecule has 0 fully saturated rings. The summed E-state index contributed by atoms with van der Waals surface area (Å²) in [5.74, 6) is 0.930. The van der Waals surface area contributed by atoms with E-state index in [2.05, 4.69) is 221 Å². The minimum absolute atomic E-state index is 0.0235. The summed E-state index contributed by atoms with van der Waals surface area (Å²) in [6.07, 6.45) is 4.62. The summed E-state index contributed by atoms with van der Waals surface area (Å²) in [5.41, 5.74) is 23.2. The Labute approximate surface area is 405 Å². The maximum absolute atomic E-state index is 7.70. The molecular formula is C64H67BN2O. The first-order valence-electron chi connectivity index (χ1n) is 25.4. The molecule has 0 saturated heterocycles. The van der Waals surface area contributed by atoms with Crippen molar-refractivity contribution >= 4 is 68.1 Å². The molecule has 0 bridgehead atoms. The van der Waals surface area contributed by atoms with Gasteiger partial charge in [-0.15, -0.1) is 0 Å². The van der Waals surface area contributed by atoms with E-state index < -0.39 is 0 Å². The Balaban J connectivity index is 1.26. The minimum atomic E-state index is -0.182. The molecule has 0 N–H and O–H groups in total. The molecule has 0 unspecified atom stereocenters. The van der Waals surface area contributed by atoms with Gasteiger partial charge in [-0.25, -0.2) is 0 Å². The predicted molar refractivity (Wildman–Crippen MR) is 292 cm³/mol. The molecule has 2 aliphatic heterocycles. The van der Waals surface area contributed by atoms with Crippen LogP contribution in [0.25, 0.3) is 44.0 Å². The van der Waals surface area contributed by atoms with E-state index >= 15 is 0 Å². The van der Waals surface area contributed by atoms with Gasteiger partial charge in [0.2, 0.25) is 5.88 Å². The fourth-order valence-electron chi connectivity index (χ4n) is 12.9. The molecule has 68 heavy (non-hydrogen) atoms. The number of furan rings is 1. The molecule has 3 nitrogen and oxygen atoms in total. The highest BCUT2D eigenvalue weighted by molar-refractivity contribution is 6.95. The average Bonchev–Trinajstić information content (AvgIpc) is 3.67. The van der Waals surface area contributed by atoms with E-state index in [4.69, 9.17) is 4.42 Å². The van der Waals surface area contributed by atoms with E-state index in [-0.39, 0.29) is 33.9 Å². The van der Waals surface area contributed by atoms with Gasteiger partial charge in [-0.3, -0.25) is 4.90 Å². The van der Waals surface area contributed by atoms with Crippen LogP contribution in [-0.4, -0.2) is 6.85 Å². The summed E-state index contributed by atoms with van der Waals surface area (Å²) in [5, 5.41) is 3.71.